The van der Waals surface area contributed by atoms with Gasteiger partial charge in [0.2, 0.25) is 0 Å². The number of esters is 1. The average molecular weight is 805 g/mol. The molecule has 298 valence electrons. The summed E-state index contributed by atoms with van der Waals surface area (Å²) in [6.07, 6.45) is 2.94. The summed E-state index contributed by atoms with van der Waals surface area (Å²) in [6.45, 7) is 6.07. The van der Waals surface area contributed by atoms with Crippen LogP contribution in [0.1, 0.15) is 73.0 Å². The van der Waals surface area contributed by atoms with Gasteiger partial charge >= 0.3 is 5.97 Å². The third-order valence-electron chi connectivity index (χ3n) is 11.0. The number of thioether (sulfide) groups is 2. The summed E-state index contributed by atoms with van der Waals surface area (Å²) in [7, 11) is 5.77. The van der Waals surface area contributed by atoms with Crippen LogP contribution in [0.5, 0.6) is 0 Å². The number of piperidine rings is 2. The van der Waals surface area contributed by atoms with Crippen molar-refractivity contribution in [3.05, 3.63) is 120 Å². The molecule has 0 spiro atoms. The minimum absolute atomic E-state index is 0.0441. The molecule has 2 fully saturated rings. The van der Waals surface area contributed by atoms with E-state index in [4.69, 9.17) is 24.2 Å². The smallest absolute Gasteiger partial charge is 0.339 e. The fourth-order valence-electron chi connectivity index (χ4n) is 7.93. The van der Waals surface area contributed by atoms with Gasteiger partial charge in [0.1, 0.15) is 23.9 Å². The molecule has 0 radical (unpaired) electrons. The third kappa shape index (κ3) is 9.11. The number of H-pyrrole nitrogens is 1. The van der Waals surface area contributed by atoms with E-state index in [1.54, 1.807) is 11.8 Å². The molecule has 2 saturated heterocycles. The number of carbonyl (C=O) groups is 1. The maximum absolute atomic E-state index is 14.2. The van der Waals surface area contributed by atoms with Crippen molar-refractivity contribution in [3.63, 3.8) is 0 Å². The lowest BCUT2D eigenvalue weighted by atomic mass is 10.1. The number of imidazole rings is 2. The maximum atomic E-state index is 14.2. The molecule has 0 saturated carbocycles. The number of carbonyl (C=O) groups excluding carboxylic acids is 1. The summed E-state index contributed by atoms with van der Waals surface area (Å²) < 4.78 is 21.7. The Morgan fingerprint density at radius 3 is 2.02 bits per heavy atom. The Balaban J connectivity index is 1.19. The van der Waals surface area contributed by atoms with E-state index in [1.807, 2.05) is 65.2 Å². The maximum Gasteiger partial charge on any atom is 0.339 e. The van der Waals surface area contributed by atoms with Gasteiger partial charge in [-0.25, -0.2) is 14.8 Å². The molecule has 12 heteroatoms. The van der Waals surface area contributed by atoms with Gasteiger partial charge in [-0.05, 0) is 105 Å². The van der Waals surface area contributed by atoms with Gasteiger partial charge in [0.05, 0.1) is 41.4 Å². The Bertz CT molecular complexity index is 2250. The van der Waals surface area contributed by atoms with Gasteiger partial charge in [-0.2, -0.15) is 0 Å². The molecule has 0 amide bonds. The number of para-hydroxylation sites is 4. The first-order valence-electron chi connectivity index (χ1n) is 20.0. The van der Waals surface area contributed by atoms with Crippen molar-refractivity contribution < 1.29 is 19.0 Å². The second-order valence-electron chi connectivity index (χ2n) is 15.1. The zero-order valence-corrected chi connectivity index (χ0v) is 34.8. The molecule has 4 aromatic carbocycles. The topological polar surface area (TPSA) is 97.7 Å². The predicted molar refractivity (Wildman–Crippen MR) is 229 cm³/mol. The van der Waals surface area contributed by atoms with Crippen LogP contribution < -0.4 is 0 Å². The molecule has 2 aromatic heterocycles. The van der Waals surface area contributed by atoms with Crippen LogP contribution in [0, 0.1) is 0 Å². The number of fused-ring (bicyclic) bond motifs is 2. The monoisotopic (exact) mass is 804 g/mol. The zero-order valence-electron chi connectivity index (χ0n) is 33.2. The number of hydrogen-bond acceptors (Lipinski definition) is 10. The van der Waals surface area contributed by atoms with E-state index in [0.29, 0.717) is 5.82 Å². The molecule has 0 aliphatic carbocycles. The zero-order chi connectivity index (χ0) is 39.3. The van der Waals surface area contributed by atoms with E-state index in [0.717, 1.165) is 102 Å². The summed E-state index contributed by atoms with van der Waals surface area (Å²) in [5.41, 5.74) is 5.48. The first-order valence-corrected chi connectivity index (χ1v) is 21.9. The molecule has 0 bridgehead atoms. The molecule has 8 rings (SSSR count). The van der Waals surface area contributed by atoms with Crippen LogP contribution in [-0.4, -0.2) is 101 Å². The van der Waals surface area contributed by atoms with Crippen LogP contribution in [-0.2, 0) is 19.0 Å². The Morgan fingerprint density at radius 1 is 0.754 bits per heavy atom. The first-order chi connectivity index (χ1) is 27.9. The number of nitrogens with one attached hydrogen (secondary N) is 1. The van der Waals surface area contributed by atoms with Crippen molar-refractivity contribution in [3.8, 4) is 0 Å². The van der Waals surface area contributed by atoms with Gasteiger partial charge < -0.3 is 33.6 Å². The van der Waals surface area contributed by atoms with Crippen molar-refractivity contribution in [2.45, 2.75) is 72.2 Å². The van der Waals surface area contributed by atoms with Gasteiger partial charge in [0.25, 0.3) is 0 Å². The molecule has 4 heterocycles. The molecule has 6 aromatic rings. The van der Waals surface area contributed by atoms with Crippen molar-refractivity contribution in [2.24, 2.45) is 0 Å². The van der Waals surface area contributed by atoms with E-state index in [9.17, 15) is 4.79 Å². The number of nitrogens with zero attached hydrogens (tertiary/aromatic N) is 5. The number of likely N-dealkylation sites (tertiary alicyclic amines) is 2. The number of aromatic nitrogens is 4. The van der Waals surface area contributed by atoms with Gasteiger partial charge in [-0.15, -0.1) is 11.8 Å². The van der Waals surface area contributed by atoms with Crippen molar-refractivity contribution in [1.82, 2.24) is 29.3 Å². The second-order valence-corrected chi connectivity index (χ2v) is 17.6. The highest BCUT2D eigenvalue weighted by Gasteiger charge is 2.34. The van der Waals surface area contributed by atoms with Crippen LogP contribution in [0.25, 0.3) is 22.1 Å². The molecule has 3 unspecified atom stereocenters. The van der Waals surface area contributed by atoms with Gasteiger partial charge in [-0.1, -0.05) is 67.2 Å². The van der Waals surface area contributed by atoms with Crippen molar-refractivity contribution >= 4 is 51.6 Å². The summed E-state index contributed by atoms with van der Waals surface area (Å²) in [5, 5.41) is -0.802. The minimum Gasteiger partial charge on any atom is -0.467 e. The van der Waals surface area contributed by atoms with E-state index in [-0.39, 0.29) is 18.2 Å². The van der Waals surface area contributed by atoms with E-state index in [1.165, 1.54) is 23.8 Å². The second kappa shape index (κ2) is 18.2. The van der Waals surface area contributed by atoms with E-state index in [2.05, 4.69) is 72.2 Å². The van der Waals surface area contributed by atoms with Gasteiger partial charge in [0, 0.05) is 36.0 Å². The fraction of sp³-hybridized carbons (Fsp3) is 0.400. The number of benzene rings is 4. The van der Waals surface area contributed by atoms with Gasteiger partial charge in [-0.3, -0.25) is 0 Å². The highest BCUT2D eigenvalue weighted by molar-refractivity contribution is 8.00. The minimum atomic E-state index is -0.802. The molecule has 57 heavy (non-hydrogen) atoms. The van der Waals surface area contributed by atoms with Crippen LogP contribution in [0.2, 0.25) is 0 Å². The normalized spacial score (nSPS) is 17.9. The number of hydrogen-bond donors (Lipinski definition) is 1. The molecular formula is C45H52N6O4S2. The highest BCUT2D eigenvalue weighted by atomic mass is 32.2. The van der Waals surface area contributed by atoms with Crippen LogP contribution in [0.4, 0.5) is 0 Å². The number of aromatic amines is 1. The largest absolute Gasteiger partial charge is 0.467 e. The fourth-order valence-corrected chi connectivity index (χ4v) is 9.79. The Hall–Kier alpha value is -4.17. The Morgan fingerprint density at radius 2 is 1.35 bits per heavy atom. The quantitative estimate of drug-likeness (QED) is 0.0850. The average Bonchev–Trinajstić information content (AvgIpc) is 3.84. The van der Waals surface area contributed by atoms with Crippen LogP contribution in [0.15, 0.2) is 107 Å². The van der Waals surface area contributed by atoms with E-state index >= 15 is 0 Å². The molecular weight excluding hydrogens is 753 g/mol. The number of ether oxygens (including phenoxy) is 3. The molecule has 2 aliphatic rings. The van der Waals surface area contributed by atoms with Crippen molar-refractivity contribution in [1.29, 1.82) is 0 Å². The Kier molecular flexibility index (Phi) is 12.6. The lowest BCUT2D eigenvalue weighted by Gasteiger charge is -2.32. The summed E-state index contributed by atoms with van der Waals surface area (Å²) in [6, 6.07) is 33.0. The first kappa shape index (κ1) is 39.6. The summed E-state index contributed by atoms with van der Waals surface area (Å²) >= 11 is 3.25. The lowest BCUT2D eigenvalue weighted by Crippen LogP contribution is -2.35. The third-order valence-corrected chi connectivity index (χ3v) is 13.0. The summed E-state index contributed by atoms with van der Waals surface area (Å²) in [5.74, 6) is 2.03. The Labute approximate surface area is 343 Å². The van der Waals surface area contributed by atoms with Crippen molar-refractivity contribution in [2.75, 3.05) is 53.1 Å². The standard InChI is InChI=1S/C45H52N6O4S2/c1-5-56-34-14-10-13-31(28-34)41(55-33-22-26-50(3)27-23-33)43-48-38-18-8-9-19-39(38)51(43)44(45(52)53-4)57-35-15-11-12-30(29-35)40(54-32-20-24-49(2)25-21-32)42-46-36-16-6-7-17-37(36)47-42/h6-19,28-29,32-33,40-41,44H,5,20-27H2,1-4H3,(H,46,47). The molecule has 2 aliphatic heterocycles. The highest BCUT2D eigenvalue weighted by Crippen LogP contribution is 2.42. The number of rotatable bonds is 14. The molecule has 3 atom stereocenters. The van der Waals surface area contributed by atoms with Gasteiger partial charge in [0.15, 0.2) is 5.37 Å². The SMILES string of the molecule is CCSc1cccc(C(OC2CCN(C)CC2)c2nc3ccccc3n2C(Sc2cccc(C(OC3CCN(C)CC3)c3nc4ccccc4[nH]3)c2)C(=O)OC)c1. The molecule has 10 nitrogen and oxygen atoms in total. The summed E-state index contributed by atoms with van der Waals surface area (Å²) in [4.78, 5) is 34.8. The van der Waals surface area contributed by atoms with Crippen LogP contribution in [0.3, 0.4) is 0 Å². The van der Waals surface area contributed by atoms with Crippen LogP contribution >= 0.6 is 23.5 Å². The van der Waals surface area contributed by atoms with E-state index < -0.39 is 17.6 Å². The molecule has 1 N–H and O–H groups in total. The lowest BCUT2D eigenvalue weighted by molar-refractivity contribution is -0.141. The predicted octanol–water partition coefficient (Wildman–Crippen LogP) is 8.89. The number of methoxy groups -OCH3 is 1.